The van der Waals surface area contributed by atoms with Gasteiger partial charge >= 0.3 is 6.03 Å². The number of halogens is 2. The van der Waals surface area contributed by atoms with Crippen molar-refractivity contribution in [3.63, 3.8) is 0 Å². The molecular formula is C17H19Cl2N3O3S. The second-order valence-electron chi connectivity index (χ2n) is 5.84. The Morgan fingerprint density at radius 3 is 2.12 bits per heavy atom. The standard InChI is InChI=1S/C17H19Cl2N3O3S/c1-10(12-3-6-14(7-4-12)26(20,24)25)21-17(23)22-11(2)15-8-5-13(18)9-16(15)19/h3-11H,1-2H3,(H2,20,24,25)(H2,21,22,23)/t10-,11-/m0/s1. The molecule has 26 heavy (non-hydrogen) atoms. The van der Waals surface area contributed by atoms with E-state index in [1.807, 2.05) is 0 Å². The van der Waals surface area contributed by atoms with Crippen LogP contribution in [0.3, 0.4) is 0 Å². The van der Waals surface area contributed by atoms with Gasteiger partial charge in [-0.2, -0.15) is 0 Å². The van der Waals surface area contributed by atoms with Crippen LogP contribution in [0.2, 0.25) is 10.0 Å². The Kier molecular flexibility index (Phi) is 6.52. The SMILES string of the molecule is C[C@H](NC(=O)N[C@@H](C)c1ccc(Cl)cc1Cl)c1ccc(S(N)(=O)=O)cc1. The Hall–Kier alpha value is -1.80. The summed E-state index contributed by atoms with van der Waals surface area (Å²) in [5.74, 6) is 0. The zero-order valence-electron chi connectivity index (χ0n) is 14.2. The highest BCUT2D eigenvalue weighted by atomic mass is 35.5. The number of nitrogens with two attached hydrogens (primary N) is 1. The molecular weight excluding hydrogens is 397 g/mol. The first kappa shape index (κ1) is 20.5. The van der Waals surface area contributed by atoms with Crippen LogP contribution in [-0.4, -0.2) is 14.4 Å². The van der Waals surface area contributed by atoms with Gasteiger partial charge in [0.05, 0.1) is 17.0 Å². The number of hydrogen-bond acceptors (Lipinski definition) is 3. The van der Waals surface area contributed by atoms with E-state index >= 15 is 0 Å². The molecule has 2 atom stereocenters. The van der Waals surface area contributed by atoms with Gasteiger partial charge in [-0.15, -0.1) is 0 Å². The number of amides is 2. The maximum absolute atomic E-state index is 12.2. The van der Waals surface area contributed by atoms with Crippen molar-refractivity contribution >= 4 is 39.3 Å². The molecule has 0 unspecified atom stereocenters. The average Bonchev–Trinajstić information content (AvgIpc) is 2.53. The zero-order chi connectivity index (χ0) is 19.5. The van der Waals surface area contributed by atoms with Crippen molar-refractivity contribution in [2.75, 3.05) is 0 Å². The summed E-state index contributed by atoms with van der Waals surface area (Å²) in [6.45, 7) is 3.59. The lowest BCUT2D eigenvalue weighted by Gasteiger charge is -2.19. The van der Waals surface area contributed by atoms with Crippen molar-refractivity contribution in [3.8, 4) is 0 Å². The number of urea groups is 1. The average molecular weight is 416 g/mol. The molecule has 2 aromatic rings. The number of sulfonamides is 1. The minimum absolute atomic E-state index is 0.0175. The predicted molar refractivity (Wildman–Crippen MR) is 103 cm³/mol. The van der Waals surface area contributed by atoms with Crippen LogP contribution >= 0.6 is 23.2 Å². The van der Waals surface area contributed by atoms with Gasteiger partial charge in [0.15, 0.2) is 0 Å². The molecule has 0 aliphatic heterocycles. The molecule has 0 aliphatic rings. The monoisotopic (exact) mass is 415 g/mol. The lowest BCUT2D eigenvalue weighted by atomic mass is 10.1. The van der Waals surface area contributed by atoms with Gasteiger partial charge in [-0.3, -0.25) is 0 Å². The van der Waals surface area contributed by atoms with Crippen molar-refractivity contribution in [2.45, 2.75) is 30.8 Å². The summed E-state index contributed by atoms with van der Waals surface area (Å²) in [4.78, 5) is 12.2. The largest absolute Gasteiger partial charge is 0.332 e. The summed E-state index contributed by atoms with van der Waals surface area (Å²) in [6, 6.07) is 10.0. The molecule has 0 fully saturated rings. The second-order valence-corrected chi connectivity index (χ2v) is 8.25. The molecule has 0 aromatic heterocycles. The van der Waals surface area contributed by atoms with Crippen molar-refractivity contribution < 1.29 is 13.2 Å². The zero-order valence-corrected chi connectivity index (χ0v) is 16.5. The van der Waals surface area contributed by atoms with E-state index in [-0.39, 0.29) is 23.0 Å². The summed E-state index contributed by atoms with van der Waals surface area (Å²) < 4.78 is 22.6. The van der Waals surface area contributed by atoms with Gasteiger partial charge in [0.1, 0.15) is 0 Å². The molecule has 2 aromatic carbocycles. The lowest BCUT2D eigenvalue weighted by molar-refractivity contribution is 0.235. The molecule has 0 aliphatic carbocycles. The lowest BCUT2D eigenvalue weighted by Crippen LogP contribution is -2.38. The number of carbonyl (C=O) groups is 1. The highest BCUT2D eigenvalue weighted by Crippen LogP contribution is 2.26. The fourth-order valence-corrected chi connectivity index (χ4v) is 3.48. The van der Waals surface area contributed by atoms with Crippen LogP contribution < -0.4 is 15.8 Å². The van der Waals surface area contributed by atoms with Crippen LogP contribution in [0, 0.1) is 0 Å². The molecule has 0 saturated carbocycles. The molecule has 0 heterocycles. The summed E-state index contributed by atoms with van der Waals surface area (Å²) in [7, 11) is -3.74. The third kappa shape index (κ3) is 5.35. The molecule has 2 rings (SSSR count). The number of rotatable bonds is 5. The molecule has 140 valence electrons. The number of nitrogens with one attached hydrogen (secondary N) is 2. The van der Waals surface area contributed by atoms with Crippen LogP contribution in [0.4, 0.5) is 4.79 Å². The highest BCUT2D eigenvalue weighted by molar-refractivity contribution is 7.89. The smallest absolute Gasteiger partial charge is 0.315 e. The third-order valence-electron chi connectivity index (χ3n) is 3.83. The highest BCUT2D eigenvalue weighted by Gasteiger charge is 2.16. The minimum atomic E-state index is -3.74. The Morgan fingerprint density at radius 1 is 1.00 bits per heavy atom. The van der Waals surface area contributed by atoms with Crippen LogP contribution in [0.25, 0.3) is 0 Å². The van der Waals surface area contributed by atoms with Gasteiger partial charge in [0.2, 0.25) is 10.0 Å². The Morgan fingerprint density at radius 2 is 1.58 bits per heavy atom. The number of benzene rings is 2. The number of carbonyl (C=O) groups excluding carboxylic acids is 1. The molecule has 6 nitrogen and oxygen atoms in total. The van der Waals surface area contributed by atoms with Crippen molar-refractivity contribution in [1.82, 2.24) is 10.6 Å². The molecule has 9 heteroatoms. The van der Waals surface area contributed by atoms with Crippen LogP contribution in [0.1, 0.15) is 37.1 Å². The summed E-state index contributed by atoms with van der Waals surface area (Å²) in [5.41, 5.74) is 1.49. The van der Waals surface area contributed by atoms with E-state index in [0.717, 1.165) is 11.1 Å². The van der Waals surface area contributed by atoms with Gasteiger partial charge in [-0.05, 0) is 49.2 Å². The van der Waals surface area contributed by atoms with E-state index in [4.69, 9.17) is 28.3 Å². The Balaban J connectivity index is 2.00. The van der Waals surface area contributed by atoms with E-state index in [0.29, 0.717) is 10.0 Å². The number of hydrogen-bond donors (Lipinski definition) is 3. The van der Waals surface area contributed by atoms with Gasteiger partial charge in [-0.25, -0.2) is 18.4 Å². The van der Waals surface area contributed by atoms with Gasteiger partial charge in [-0.1, -0.05) is 41.4 Å². The third-order valence-corrected chi connectivity index (χ3v) is 5.32. The molecule has 0 spiro atoms. The predicted octanol–water partition coefficient (Wildman–Crippen LogP) is 3.76. The van der Waals surface area contributed by atoms with Crippen molar-refractivity contribution in [1.29, 1.82) is 0 Å². The van der Waals surface area contributed by atoms with Gasteiger partial charge < -0.3 is 10.6 Å². The molecule has 2 amide bonds. The van der Waals surface area contributed by atoms with Crippen LogP contribution in [-0.2, 0) is 10.0 Å². The van der Waals surface area contributed by atoms with E-state index in [9.17, 15) is 13.2 Å². The van der Waals surface area contributed by atoms with Crippen LogP contribution in [0.15, 0.2) is 47.4 Å². The number of primary sulfonamides is 1. The first-order valence-corrected chi connectivity index (χ1v) is 10.0. The normalized spacial score (nSPS) is 13.7. The fourth-order valence-electron chi connectivity index (χ4n) is 2.39. The maximum Gasteiger partial charge on any atom is 0.315 e. The maximum atomic E-state index is 12.2. The van der Waals surface area contributed by atoms with E-state index in [2.05, 4.69) is 10.6 Å². The van der Waals surface area contributed by atoms with Crippen molar-refractivity contribution in [3.05, 3.63) is 63.6 Å². The molecule has 4 N–H and O–H groups in total. The van der Waals surface area contributed by atoms with Crippen molar-refractivity contribution in [2.24, 2.45) is 5.14 Å². The second kappa shape index (κ2) is 8.26. The Bertz CT molecular complexity index is 902. The quantitative estimate of drug-likeness (QED) is 0.692. The van der Waals surface area contributed by atoms with Gasteiger partial charge in [0.25, 0.3) is 0 Å². The summed E-state index contributed by atoms with van der Waals surface area (Å²) in [5, 5.41) is 11.6. The Labute approximate surface area is 162 Å². The first-order chi connectivity index (χ1) is 12.1. The van der Waals surface area contributed by atoms with Crippen LogP contribution in [0.5, 0.6) is 0 Å². The van der Waals surface area contributed by atoms with E-state index in [1.54, 1.807) is 44.2 Å². The molecule has 0 radical (unpaired) electrons. The summed E-state index contributed by atoms with van der Waals surface area (Å²) in [6.07, 6.45) is 0. The van der Waals surface area contributed by atoms with E-state index in [1.165, 1.54) is 12.1 Å². The summed E-state index contributed by atoms with van der Waals surface area (Å²) >= 11 is 12.0. The molecule has 0 saturated heterocycles. The first-order valence-electron chi connectivity index (χ1n) is 7.72. The fraction of sp³-hybridized carbons (Fsp3) is 0.235. The van der Waals surface area contributed by atoms with E-state index < -0.39 is 10.0 Å². The molecule has 0 bridgehead atoms. The van der Waals surface area contributed by atoms with Gasteiger partial charge in [0, 0.05) is 10.0 Å². The topological polar surface area (TPSA) is 101 Å². The minimum Gasteiger partial charge on any atom is -0.332 e.